The Morgan fingerprint density at radius 1 is 0.635 bits per heavy atom. The highest BCUT2D eigenvalue weighted by atomic mass is 35.5. The zero-order chi connectivity index (χ0) is 54.0. The van der Waals surface area contributed by atoms with Crippen molar-refractivity contribution in [2.24, 2.45) is 0 Å². The van der Waals surface area contributed by atoms with Gasteiger partial charge in [0.05, 0.1) is 18.2 Å². The standard InChI is InChI=1S/C51H38Cl2F8N4O9/c1-24(48(70,50(56,57)58)30-18-40-44(62-20-30)72-22-42(66)64(40)3)32-10-6-26(14-36(32)52)29-9-13-35(39(55)17-29)47(69)74-49(51(59,60)61,31-19-41-45(63-21-31)73-23-43(67)65(41)4)25(2)33-11-7-27(15-37(33)53)28-8-12-34(38(54)16-28)46(68)71-5/h6-21,24-25,70H,22-23H2,1-5H3. The van der Waals surface area contributed by atoms with E-state index in [1.807, 2.05) is 0 Å². The van der Waals surface area contributed by atoms with E-state index in [0.29, 0.717) is 0 Å². The lowest BCUT2D eigenvalue weighted by Crippen LogP contribution is -2.50. The summed E-state index contributed by atoms with van der Waals surface area (Å²) in [5.74, 6) is -10.6. The van der Waals surface area contributed by atoms with Gasteiger partial charge in [-0.2, -0.15) is 26.3 Å². The molecule has 2 amide bonds. The minimum atomic E-state index is -5.57. The van der Waals surface area contributed by atoms with Crippen LogP contribution in [0.3, 0.4) is 0 Å². The maximum atomic E-state index is 16.3. The van der Waals surface area contributed by atoms with Crippen LogP contribution in [0.1, 0.15) is 68.7 Å². The Morgan fingerprint density at radius 3 is 1.49 bits per heavy atom. The Kier molecular flexibility index (Phi) is 13.9. The average Bonchev–Trinajstić information content (AvgIpc) is 3.36. The molecule has 0 saturated carbocycles. The van der Waals surface area contributed by atoms with Crippen LogP contribution >= 0.6 is 23.2 Å². The number of hydrogen-bond acceptors (Lipinski definition) is 11. The molecule has 4 heterocycles. The molecule has 1 N–H and O–H groups in total. The van der Waals surface area contributed by atoms with Crippen molar-refractivity contribution in [3.63, 3.8) is 0 Å². The fraction of sp³-hybridized carbons (Fsp3) is 0.255. The molecule has 0 aliphatic carbocycles. The van der Waals surface area contributed by atoms with Crippen LogP contribution in [0.5, 0.6) is 11.8 Å². The van der Waals surface area contributed by atoms with Crippen molar-refractivity contribution in [2.75, 3.05) is 44.2 Å². The summed E-state index contributed by atoms with van der Waals surface area (Å²) in [6.45, 7) is 1.19. The van der Waals surface area contributed by atoms with Crippen molar-refractivity contribution in [1.82, 2.24) is 9.97 Å². The van der Waals surface area contributed by atoms with Crippen LogP contribution in [0.2, 0.25) is 10.0 Å². The summed E-state index contributed by atoms with van der Waals surface area (Å²) in [5, 5.41) is 10.9. The highest BCUT2D eigenvalue weighted by molar-refractivity contribution is 6.32. The van der Waals surface area contributed by atoms with Gasteiger partial charge in [0.1, 0.15) is 23.0 Å². The third-order valence-corrected chi connectivity index (χ3v) is 13.8. The number of ether oxygens (including phenoxy) is 4. The second-order valence-electron chi connectivity index (χ2n) is 17.3. The van der Waals surface area contributed by atoms with Gasteiger partial charge in [-0.15, -0.1) is 0 Å². The highest BCUT2D eigenvalue weighted by Gasteiger charge is 2.64. The quantitative estimate of drug-likeness (QED) is 0.0972. The number of methoxy groups -OCH3 is 1. The van der Waals surface area contributed by atoms with E-state index in [0.717, 1.165) is 97.7 Å². The Bertz CT molecular complexity index is 3290. The van der Waals surface area contributed by atoms with Crippen molar-refractivity contribution < 1.29 is 78.4 Å². The second-order valence-corrected chi connectivity index (χ2v) is 18.1. The van der Waals surface area contributed by atoms with Gasteiger partial charge in [-0.3, -0.25) is 9.59 Å². The number of aliphatic hydroxyl groups is 1. The summed E-state index contributed by atoms with van der Waals surface area (Å²) in [5.41, 5.74) is -10.9. The van der Waals surface area contributed by atoms with E-state index in [1.54, 1.807) is 0 Å². The largest absolute Gasteiger partial charge is 0.466 e. The zero-order valence-electron chi connectivity index (χ0n) is 39.1. The van der Waals surface area contributed by atoms with Crippen molar-refractivity contribution in [3.05, 3.63) is 152 Å². The lowest BCUT2D eigenvalue weighted by atomic mass is 9.77. The molecular weight excluding hydrogens is 1040 g/mol. The molecule has 4 aromatic carbocycles. The molecule has 74 heavy (non-hydrogen) atoms. The number of aromatic nitrogens is 2. The third-order valence-electron chi connectivity index (χ3n) is 13.2. The van der Waals surface area contributed by atoms with Crippen LogP contribution in [0.25, 0.3) is 22.3 Å². The molecule has 0 bridgehead atoms. The number of fused-ring (bicyclic) bond motifs is 2. The molecule has 386 valence electrons. The SMILES string of the molecule is COC(=O)c1ccc(-c2ccc(C(C)C(OC(=O)c3ccc(-c4ccc(C(C)C(O)(c5cnc6c(c5)N(C)C(=O)CO6)C(F)(F)F)c(Cl)c4)cc3F)(c3cnc4c(c3)N(C)C(=O)CO4)C(F)(F)F)c(Cl)c2)cc1F. The fourth-order valence-corrected chi connectivity index (χ4v) is 9.52. The zero-order valence-corrected chi connectivity index (χ0v) is 40.6. The van der Waals surface area contributed by atoms with E-state index in [-0.39, 0.29) is 72.1 Å². The molecule has 4 unspecified atom stereocenters. The van der Waals surface area contributed by atoms with E-state index in [2.05, 4.69) is 14.7 Å². The lowest BCUT2D eigenvalue weighted by Gasteiger charge is -2.41. The number of carbonyl (C=O) groups is 4. The fourth-order valence-electron chi connectivity index (χ4n) is 8.83. The van der Waals surface area contributed by atoms with Gasteiger partial charge in [0, 0.05) is 59.5 Å². The molecule has 0 saturated heterocycles. The topological polar surface area (TPSA) is 158 Å². The first-order valence-corrected chi connectivity index (χ1v) is 22.6. The van der Waals surface area contributed by atoms with E-state index in [4.69, 9.17) is 37.4 Å². The van der Waals surface area contributed by atoms with Crippen molar-refractivity contribution in [3.8, 4) is 34.0 Å². The molecule has 8 rings (SSSR count). The number of nitrogens with zero attached hydrogens (tertiary/aromatic N) is 4. The number of halogens is 10. The maximum Gasteiger partial charge on any atom is 0.433 e. The molecule has 23 heteroatoms. The Morgan fingerprint density at radius 2 is 1.05 bits per heavy atom. The van der Waals surface area contributed by atoms with Gasteiger partial charge in [0.25, 0.3) is 11.8 Å². The Hall–Kier alpha value is -7.36. The molecule has 0 radical (unpaired) electrons. The number of rotatable bonds is 11. The summed E-state index contributed by atoms with van der Waals surface area (Å²) in [7, 11) is 3.61. The highest BCUT2D eigenvalue weighted by Crippen LogP contribution is 2.55. The summed E-state index contributed by atoms with van der Waals surface area (Å²) >= 11 is 13.3. The van der Waals surface area contributed by atoms with Crippen LogP contribution in [0, 0.1) is 11.6 Å². The predicted molar refractivity (Wildman–Crippen MR) is 251 cm³/mol. The van der Waals surface area contributed by atoms with Gasteiger partial charge in [-0.05, 0) is 81.9 Å². The first-order chi connectivity index (χ1) is 34.7. The van der Waals surface area contributed by atoms with Gasteiger partial charge in [-0.25, -0.2) is 28.3 Å². The maximum absolute atomic E-state index is 16.3. The molecule has 13 nitrogen and oxygen atoms in total. The smallest absolute Gasteiger partial charge is 0.433 e. The first-order valence-electron chi connectivity index (χ1n) is 21.9. The second kappa shape index (κ2) is 19.5. The number of pyridine rings is 2. The number of carbonyl (C=O) groups excluding carboxylic acids is 4. The van der Waals surface area contributed by atoms with E-state index < -0.39 is 101 Å². The molecule has 2 aliphatic rings. The average molecular weight is 1070 g/mol. The summed E-state index contributed by atoms with van der Waals surface area (Å²) in [4.78, 5) is 60.9. The number of benzene rings is 4. The summed E-state index contributed by atoms with van der Waals surface area (Å²) < 4.78 is 145. The van der Waals surface area contributed by atoms with Crippen LogP contribution in [-0.2, 0) is 30.3 Å². The molecule has 6 aromatic rings. The van der Waals surface area contributed by atoms with E-state index in [1.165, 1.54) is 44.4 Å². The van der Waals surface area contributed by atoms with E-state index in [9.17, 15) is 41.8 Å². The number of anilines is 2. The number of alkyl halides is 6. The van der Waals surface area contributed by atoms with Crippen molar-refractivity contribution in [1.29, 1.82) is 0 Å². The first kappa shape index (κ1) is 52.9. The minimum absolute atomic E-state index is 0.0495. The van der Waals surface area contributed by atoms with Crippen LogP contribution < -0.4 is 19.3 Å². The number of esters is 2. The van der Waals surface area contributed by atoms with Crippen molar-refractivity contribution in [2.45, 2.75) is 49.2 Å². The number of amides is 2. The molecule has 2 aliphatic heterocycles. The normalized spacial score (nSPS) is 16.2. The van der Waals surface area contributed by atoms with Crippen LogP contribution in [-0.4, -0.2) is 85.6 Å². The Labute approximate surface area is 425 Å². The van der Waals surface area contributed by atoms with Gasteiger partial charge >= 0.3 is 24.3 Å². The number of hydrogen-bond donors (Lipinski definition) is 1. The minimum Gasteiger partial charge on any atom is -0.466 e. The van der Waals surface area contributed by atoms with Gasteiger partial charge in [0.2, 0.25) is 17.4 Å². The molecular formula is C51H38Cl2F8N4O9. The summed E-state index contributed by atoms with van der Waals surface area (Å²) in [6.07, 6.45) is -9.44. The summed E-state index contributed by atoms with van der Waals surface area (Å²) in [6, 6.07) is 15.2. The van der Waals surface area contributed by atoms with Crippen molar-refractivity contribution >= 4 is 58.3 Å². The van der Waals surface area contributed by atoms with E-state index >= 15 is 17.6 Å². The lowest BCUT2D eigenvalue weighted by molar-refractivity contribution is -0.274. The number of likely N-dealkylation sites (N-methyl/N-ethyl adjacent to an activating group) is 2. The van der Waals surface area contributed by atoms with Gasteiger partial charge < -0.3 is 33.9 Å². The third kappa shape index (κ3) is 9.10. The molecule has 2 aromatic heterocycles. The van der Waals surface area contributed by atoms with Gasteiger partial charge in [0.15, 0.2) is 18.8 Å². The van der Waals surface area contributed by atoms with Crippen LogP contribution in [0.4, 0.5) is 46.5 Å². The molecule has 0 spiro atoms. The molecule has 0 fully saturated rings. The predicted octanol–water partition coefficient (Wildman–Crippen LogP) is 10.9. The molecule has 4 atom stereocenters. The van der Waals surface area contributed by atoms with Crippen LogP contribution in [0.15, 0.2) is 97.3 Å². The monoisotopic (exact) mass is 1070 g/mol. The van der Waals surface area contributed by atoms with Gasteiger partial charge in [-0.1, -0.05) is 73.4 Å². The Balaban J connectivity index is 1.15.